The Morgan fingerprint density at radius 2 is 1.81 bits per heavy atom. The van der Waals surface area contributed by atoms with Gasteiger partial charge in [-0.05, 0) is 13.0 Å². The SMILES string of the molecule is C[C@@]1(c2cc3ncnc(N)n3c2)O[C@H](COP(=O)(O)OP(=O)(O)OP(=O)(O)O)[C@@H](O)[C@H]1O. The van der Waals surface area contributed by atoms with E-state index in [0.717, 1.165) is 0 Å². The number of hydrogen-bond acceptors (Lipinski definition) is 12. The summed E-state index contributed by atoms with van der Waals surface area (Å²) in [5, 5.41) is 20.8. The van der Waals surface area contributed by atoms with Gasteiger partial charge in [0.2, 0.25) is 5.95 Å². The first-order valence-corrected chi connectivity index (χ1v) is 13.0. The van der Waals surface area contributed by atoms with Crippen LogP contribution in [0.25, 0.3) is 5.65 Å². The maximum Gasteiger partial charge on any atom is 0.490 e. The standard InChI is InChI=1S/C12H19N4O13P3/c1-12(6-2-8-14-5-15-11(13)16(8)3-6)10(18)9(17)7(27-12)4-26-31(22,23)29-32(24,25)28-30(19,20)21/h2-3,5,7,9-10,17-18H,4H2,1H3,(H,22,23)(H,24,25)(H2,13,14,15)(H2,19,20,21)/t7-,9-,10-,12+/m1/s1. The summed E-state index contributed by atoms with van der Waals surface area (Å²) < 4.78 is 52.6. The van der Waals surface area contributed by atoms with Crippen LogP contribution in [-0.2, 0) is 37.2 Å². The van der Waals surface area contributed by atoms with E-state index in [1.54, 1.807) is 0 Å². The lowest BCUT2D eigenvalue weighted by atomic mass is 9.91. The molecule has 0 bridgehead atoms. The molecule has 2 aromatic rings. The first-order chi connectivity index (χ1) is 14.5. The molecule has 3 rings (SSSR count). The van der Waals surface area contributed by atoms with E-state index >= 15 is 0 Å². The van der Waals surface area contributed by atoms with Crippen molar-refractivity contribution in [2.75, 3.05) is 12.3 Å². The van der Waals surface area contributed by atoms with Crippen LogP contribution in [0.4, 0.5) is 5.95 Å². The smallest absolute Gasteiger partial charge is 0.387 e. The largest absolute Gasteiger partial charge is 0.490 e. The number of phosphoric acid groups is 3. The lowest BCUT2D eigenvalue weighted by molar-refractivity contribution is -0.0848. The maximum atomic E-state index is 11.9. The van der Waals surface area contributed by atoms with Gasteiger partial charge in [-0.2, -0.15) is 8.62 Å². The summed E-state index contributed by atoms with van der Waals surface area (Å²) in [4.78, 5) is 43.5. The molecule has 0 aromatic carbocycles. The molecule has 6 atom stereocenters. The van der Waals surface area contributed by atoms with Crippen LogP contribution < -0.4 is 5.73 Å². The predicted octanol–water partition coefficient (Wildman–Crippen LogP) is -1.01. The number of phosphoric ester groups is 1. The van der Waals surface area contributed by atoms with Gasteiger partial charge in [-0.15, -0.1) is 0 Å². The third kappa shape index (κ3) is 5.43. The predicted molar refractivity (Wildman–Crippen MR) is 101 cm³/mol. The summed E-state index contributed by atoms with van der Waals surface area (Å²) in [7, 11) is -16.7. The number of ether oxygens (including phenoxy) is 1. The van der Waals surface area contributed by atoms with Gasteiger partial charge in [0, 0.05) is 11.8 Å². The van der Waals surface area contributed by atoms with Crippen LogP contribution in [0.15, 0.2) is 18.6 Å². The third-order valence-electron chi connectivity index (χ3n) is 4.48. The third-order valence-corrected chi connectivity index (χ3v) is 8.29. The topological polar surface area (TPSA) is 266 Å². The molecule has 1 aliphatic rings. The van der Waals surface area contributed by atoms with Crippen molar-refractivity contribution in [3.05, 3.63) is 24.2 Å². The second-order valence-corrected chi connectivity index (χ2v) is 11.2. The highest BCUT2D eigenvalue weighted by atomic mass is 31.3. The number of anilines is 1. The van der Waals surface area contributed by atoms with Gasteiger partial charge in [0.1, 0.15) is 35.9 Å². The average Bonchev–Trinajstić information content (AvgIpc) is 3.15. The summed E-state index contributed by atoms with van der Waals surface area (Å²) in [6.07, 6.45) is -2.00. The molecule has 20 heteroatoms. The van der Waals surface area contributed by atoms with Crippen LogP contribution in [-0.4, -0.2) is 69.1 Å². The Balaban J connectivity index is 1.73. The van der Waals surface area contributed by atoms with Gasteiger partial charge in [0.25, 0.3) is 0 Å². The Bertz CT molecular complexity index is 1150. The van der Waals surface area contributed by atoms with Crippen molar-refractivity contribution in [1.82, 2.24) is 14.4 Å². The molecule has 3 heterocycles. The van der Waals surface area contributed by atoms with Gasteiger partial charge in [-0.3, -0.25) is 8.92 Å². The summed E-state index contributed by atoms with van der Waals surface area (Å²) >= 11 is 0. The Morgan fingerprint density at radius 3 is 2.41 bits per heavy atom. The van der Waals surface area contributed by atoms with Gasteiger partial charge in [0.15, 0.2) is 0 Å². The number of hydrogen-bond donors (Lipinski definition) is 7. The van der Waals surface area contributed by atoms with Crippen molar-refractivity contribution in [3.8, 4) is 0 Å². The Morgan fingerprint density at radius 1 is 1.16 bits per heavy atom. The number of nitrogens with two attached hydrogens (primary N) is 1. The van der Waals surface area contributed by atoms with Crippen molar-refractivity contribution >= 4 is 35.1 Å². The molecule has 17 nitrogen and oxygen atoms in total. The van der Waals surface area contributed by atoms with E-state index < -0.39 is 54.0 Å². The number of rotatable bonds is 8. The molecule has 1 saturated heterocycles. The van der Waals surface area contributed by atoms with E-state index in [-0.39, 0.29) is 5.95 Å². The van der Waals surface area contributed by atoms with Gasteiger partial charge in [-0.1, -0.05) is 0 Å². The van der Waals surface area contributed by atoms with Crippen molar-refractivity contribution in [3.63, 3.8) is 0 Å². The molecule has 2 aromatic heterocycles. The molecule has 0 amide bonds. The fourth-order valence-electron chi connectivity index (χ4n) is 3.04. The summed E-state index contributed by atoms with van der Waals surface area (Å²) in [6, 6.07) is 1.50. The highest BCUT2D eigenvalue weighted by Gasteiger charge is 2.53. The maximum absolute atomic E-state index is 11.9. The molecule has 1 aliphatic heterocycles. The van der Waals surface area contributed by atoms with Crippen molar-refractivity contribution in [2.45, 2.75) is 30.8 Å². The second kappa shape index (κ2) is 8.49. The van der Waals surface area contributed by atoms with Crippen molar-refractivity contribution in [2.24, 2.45) is 0 Å². The van der Waals surface area contributed by atoms with E-state index in [0.29, 0.717) is 11.2 Å². The van der Waals surface area contributed by atoms with Crippen molar-refractivity contribution < 1.29 is 61.4 Å². The Hall–Kier alpha value is -1.29. The first kappa shape index (κ1) is 25.3. The van der Waals surface area contributed by atoms with Crippen LogP contribution in [0, 0.1) is 0 Å². The van der Waals surface area contributed by atoms with E-state index in [9.17, 15) is 28.8 Å². The molecule has 180 valence electrons. The van der Waals surface area contributed by atoms with Crippen LogP contribution in [0.2, 0.25) is 0 Å². The zero-order valence-corrected chi connectivity index (χ0v) is 18.7. The van der Waals surface area contributed by atoms with Gasteiger partial charge >= 0.3 is 23.5 Å². The quantitative estimate of drug-likeness (QED) is 0.206. The zero-order chi connectivity index (χ0) is 24.1. The van der Waals surface area contributed by atoms with Crippen molar-refractivity contribution in [1.29, 1.82) is 0 Å². The molecule has 0 aliphatic carbocycles. The average molecular weight is 520 g/mol. The number of fused-ring (bicyclic) bond motifs is 1. The number of aromatic nitrogens is 3. The minimum absolute atomic E-state index is 0.0853. The molecule has 0 spiro atoms. The van der Waals surface area contributed by atoms with E-state index in [1.165, 1.54) is 29.9 Å². The first-order valence-electron chi connectivity index (χ1n) is 8.44. The molecule has 0 radical (unpaired) electrons. The molecule has 32 heavy (non-hydrogen) atoms. The second-order valence-electron chi connectivity index (χ2n) is 6.77. The lowest BCUT2D eigenvalue weighted by Gasteiger charge is -2.26. The van der Waals surface area contributed by atoms with Crippen LogP contribution in [0.5, 0.6) is 0 Å². The minimum atomic E-state index is -5.70. The number of nitrogen functional groups attached to an aromatic ring is 1. The molecular weight excluding hydrogens is 501 g/mol. The fourth-order valence-corrected chi connectivity index (χ4v) is 6.07. The van der Waals surface area contributed by atoms with Gasteiger partial charge < -0.3 is 40.3 Å². The van der Waals surface area contributed by atoms with Crippen LogP contribution >= 0.6 is 23.5 Å². The monoisotopic (exact) mass is 520 g/mol. The van der Waals surface area contributed by atoms with Gasteiger partial charge in [0.05, 0.1) is 6.61 Å². The number of nitrogens with zero attached hydrogens (tertiary/aromatic N) is 3. The number of aliphatic hydroxyl groups excluding tert-OH is 2. The summed E-state index contributed by atoms with van der Waals surface area (Å²) in [5.41, 5.74) is 4.86. The van der Waals surface area contributed by atoms with Gasteiger partial charge in [-0.25, -0.2) is 23.7 Å². The zero-order valence-electron chi connectivity index (χ0n) is 16.0. The van der Waals surface area contributed by atoms with E-state index in [4.69, 9.17) is 25.2 Å². The lowest BCUT2D eigenvalue weighted by Crippen LogP contribution is -2.38. The minimum Gasteiger partial charge on any atom is -0.387 e. The number of aliphatic hydroxyl groups is 2. The highest BCUT2D eigenvalue weighted by Crippen LogP contribution is 2.66. The molecule has 8 N–H and O–H groups in total. The normalized spacial score (nSPS) is 30.3. The molecule has 1 fully saturated rings. The Kier molecular flexibility index (Phi) is 6.72. The van der Waals surface area contributed by atoms with Crippen LogP contribution in [0.3, 0.4) is 0 Å². The van der Waals surface area contributed by atoms with Crippen LogP contribution in [0.1, 0.15) is 12.5 Å². The molecule has 2 unspecified atom stereocenters. The molecular formula is C12H19N4O13P3. The molecule has 0 saturated carbocycles. The van der Waals surface area contributed by atoms with E-state index in [2.05, 4.69) is 23.1 Å². The summed E-state index contributed by atoms with van der Waals surface area (Å²) in [6.45, 7) is 0.469. The Labute approximate surface area is 178 Å². The summed E-state index contributed by atoms with van der Waals surface area (Å²) in [5.74, 6) is 0.0853. The van der Waals surface area contributed by atoms with E-state index in [1.807, 2.05) is 0 Å². The highest BCUT2D eigenvalue weighted by molar-refractivity contribution is 7.66. The fraction of sp³-hybridized carbons (Fsp3) is 0.500.